The fraction of sp³-hybridized carbons (Fsp3) is 0.105. The van der Waals surface area contributed by atoms with Gasteiger partial charge in [-0.05, 0) is 24.0 Å². The summed E-state index contributed by atoms with van der Waals surface area (Å²) in [5.41, 5.74) is 18.5. The van der Waals surface area contributed by atoms with Crippen molar-refractivity contribution in [3.05, 3.63) is 155 Å². The molecule has 6 aromatic rings. The van der Waals surface area contributed by atoms with E-state index in [1.54, 1.807) is 0 Å². The number of hydrogen-bond donors (Lipinski definition) is 0. The smallest absolute Gasteiger partial charge is 0.0279 e. The Hall–Kier alpha value is -2.52. The summed E-state index contributed by atoms with van der Waals surface area (Å²) >= 11 is 0.243. The van der Waals surface area contributed by atoms with E-state index in [9.17, 15) is 0 Å². The number of aryl methyl sites for hydroxylation is 2. The fourth-order valence-electron chi connectivity index (χ4n) is 5.54. The van der Waals surface area contributed by atoms with Crippen molar-refractivity contribution in [2.45, 2.75) is 26.7 Å². The molecule has 216 valence electrons. The Morgan fingerprint density at radius 1 is 0.512 bits per heavy atom. The maximum absolute atomic E-state index is 2.52. The first-order valence-corrected chi connectivity index (χ1v) is 25.2. The van der Waals surface area contributed by atoms with Gasteiger partial charge in [0.25, 0.3) is 0 Å². The topological polar surface area (TPSA) is 0 Å². The predicted molar refractivity (Wildman–Crippen MR) is 178 cm³/mol. The molecule has 2 bridgehead atoms. The second-order valence-electron chi connectivity index (χ2n) is 10.5. The van der Waals surface area contributed by atoms with Crippen LogP contribution < -0.4 is 24.8 Å². The molecular weight excluding hydrogens is 675 g/mol. The number of halogens is 2. The standard InChI is InChI=1S/2C17H15.C4H4Si2.2ClH.Zr/c2*1-2-13-11-15-9-6-10-16(17(15)12-13)14-7-4-3-5-8-14;1-2-6-4-3-5-1;;;/h2*3-12H,2H2,1H3;1-4H;2*1H;/q2*-1;;;;/p-2. The van der Waals surface area contributed by atoms with Gasteiger partial charge in [-0.15, -0.1) is 69.1 Å². The molecule has 8 rings (SSSR count). The van der Waals surface area contributed by atoms with Crippen LogP contribution in [0.15, 0.2) is 144 Å². The van der Waals surface area contributed by atoms with Crippen LogP contribution in [0.25, 0.3) is 43.8 Å². The first kappa shape index (κ1) is 33.4. The summed E-state index contributed by atoms with van der Waals surface area (Å²) in [4.78, 5) is 0. The molecule has 0 saturated carbocycles. The van der Waals surface area contributed by atoms with Crippen molar-refractivity contribution >= 4 is 32.4 Å². The van der Waals surface area contributed by atoms with E-state index in [2.05, 4.69) is 158 Å². The summed E-state index contributed by atoms with van der Waals surface area (Å²) in [6.07, 6.45) is 2.20. The first-order chi connectivity index (χ1) is 20.2. The Balaban J connectivity index is 0.000000155. The summed E-state index contributed by atoms with van der Waals surface area (Å²) < 4.78 is 0. The van der Waals surface area contributed by atoms with Crippen LogP contribution in [-0.4, -0.2) is 10.9 Å². The molecule has 0 N–H and O–H groups in total. The van der Waals surface area contributed by atoms with Crippen molar-refractivity contribution in [2.24, 2.45) is 0 Å². The van der Waals surface area contributed by atoms with Crippen LogP contribution in [0.5, 0.6) is 0 Å². The molecule has 0 aliphatic carbocycles. The van der Waals surface area contributed by atoms with Gasteiger partial charge in [-0.3, -0.25) is 0 Å². The number of hydrogen-bond acceptors (Lipinski definition) is 0. The van der Waals surface area contributed by atoms with Crippen molar-refractivity contribution < 1.29 is 45.3 Å². The molecule has 0 amide bonds. The van der Waals surface area contributed by atoms with Crippen LogP contribution in [-0.2, 0) is 33.3 Å². The maximum atomic E-state index is 2.52. The van der Waals surface area contributed by atoms with Crippen molar-refractivity contribution in [3.8, 4) is 22.3 Å². The number of fused-ring (bicyclic) bond motifs is 2. The zero-order valence-electron chi connectivity index (χ0n) is 24.5. The number of rotatable bonds is 4. The third kappa shape index (κ3) is 7.96. The van der Waals surface area contributed by atoms with Crippen LogP contribution in [0.3, 0.4) is 0 Å². The zero-order valence-corrected chi connectivity index (χ0v) is 30.5. The normalized spacial score (nSPS) is 12.0. The monoisotopic (exact) mass is 706 g/mol. The Kier molecular flexibility index (Phi) is 12.4. The van der Waals surface area contributed by atoms with Crippen LogP contribution in [0.2, 0.25) is 0 Å². The van der Waals surface area contributed by atoms with Gasteiger partial charge in [-0.1, -0.05) is 97.8 Å². The fourth-order valence-corrected chi connectivity index (χ4v) is 33.4. The van der Waals surface area contributed by atoms with Gasteiger partial charge in [0.2, 0.25) is 0 Å². The van der Waals surface area contributed by atoms with E-state index < -0.39 is 0 Å². The molecular formula is C38H34Cl2Si2Zr-4. The van der Waals surface area contributed by atoms with E-state index in [4.69, 9.17) is 0 Å². The van der Waals surface area contributed by atoms with Gasteiger partial charge in [0.1, 0.15) is 0 Å². The molecule has 43 heavy (non-hydrogen) atoms. The van der Waals surface area contributed by atoms with Gasteiger partial charge in [0.05, 0.1) is 0 Å². The zero-order chi connectivity index (χ0) is 28.0. The van der Waals surface area contributed by atoms with Crippen molar-refractivity contribution in [3.63, 3.8) is 0 Å². The summed E-state index contributed by atoms with van der Waals surface area (Å²) in [5.74, 6) is 0. The molecule has 0 spiro atoms. The van der Waals surface area contributed by atoms with Crippen LogP contribution in [0.4, 0.5) is 0 Å². The van der Waals surface area contributed by atoms with Gasteiger partial charge in [-0.2, -0.15) is 12.1 Å². The summed E-state index contributed by atoms with van der Waals surface area (Å²) in [7, 11) is 0. The second-order valence-corrected chi connectivity index (χ2v) is 28.7. The molecule has 0 unspecified atom stereocenters. The third-order valence-electron chi connectivity index (χ3n) is 7.78. The minimum absolute atomic E-state index is 0. The largest absolute Gasteiger partial charge is 1.00 e. The van der Waals surface area contributed by atoms with Gasteiger partial charge in [0.15, 0.2) is 0 Å². The second kappa shape index (κ2) is 16.0. The Morgan fingerprint density at radius 2 is 0.907 bits per heavy atom. The Morgan fingerprint density at radius 3 is 1.23 bits per heavy atom. The number of benzene rings is 4. The van der Waals surface area contributed by atoms with Crippen molar-refractivity contribution in [2.75, 3.05) is 0 Å². The summed E-state index contributed by atoms with van der Waals surface area (Å²) in [6.45, 7) is 4.41. The minimum Gasteiger partial charge on any atom is -1.00 e. The molecule has 0 aromatic heterocycles. The van der Waals surface area contributed by atoms with Crippen LogP contribution in [0, 0.1) is 0 Å². The summed E-state index contributed by atoms with van der Waals surface area (Å²) in [5, 5.41) is 5.44. The molecule has 2 aliphatic heterocycles. The van der Waals surface area contributed by atoms with E-state index in [1.165, 1.54) is 54.9 Å². The van der Waals surface area contributed by atoms with Crippen molar-refractivity contribution in [1.82, 2.24) is 0 Å². The minimum atomic E-state index is 0. The Labute approximate surface area is 279 Å². The van der Waals surface area contributed by atoms with E-state index in [1.807, 2.05) is 0 Å². The van der Waals surface area contributed by atoms with Crippen LogP contribution in [0.1, 0.15) is 25.0 Å². The van der Waals surface area contributed by atoms with E-state index >= 15 is 0 Å². The first-order valence-electron chi connectivity index (χ1n) is 14.6. The maximum Gasteiger partial charge on any atom is -0.0279 e. The molecule has 2 heterocycles. The van der Waals surface area contributed by atoms with Crippen molar-refractivity contribution in [1.29, 1.82) is 0 Å². The molecule has 0 fully saturated rings. The van der Waals surface area contributed by atoms with E-state index in [-0.39, 0.29) is 56.1 Å². The molecule has 0 atom stereocenters. The molecule has 0 saturated heterocycles. The van der Waals surface area contributed by atoms with Crippen LogP contribution >= 0.6 is 0 Å². The molecule has 5 heteroatoms. The van der Waals surface area contributed by atoms with Gasteiger partial charge >= 0.3 is 54.1 Å². The third-order valence-corrected chi connectivity index (χ3v) is 30.5. The molecule has 0 nitrogen and oxygen atoms in total. The Bertz CT molecular complexity index is 1780. The average Bonchev–Trinajstić information content (AvgIpc) is 3.86. The predicted octanol–water partition coefficient (Wildman–Crippen LogP) is 3.93. The summed E-state index contributed by atoms with van der Waals surface area (Å²) in [6, 6.07) is 43.5. The molecule has 6 aromatic carbocycles. The van der Waals surface area contributed by atoms with E-state index in [0.29, 0.717) is 0 Å². The van der Waals surface area contributed by atoms with Gasteiger partial charge < -0.3 is 24.8 Å². The van der Waals surface area contributed by atoms with Gasteiger partial charge in [-0.25, -0.2) is 0 Å². The quantitative estimate of drug-likeness (QED) is 0.193. The average molecular weight is 709 g/mol. The molecule has 0 radical (unpaired) electrons. The van der Waals surface area contributed by atoms with E-state index in [0.717, 1.165) is 12.8 Å². The molecule has 2 aliphatic rings. The van der Waals surface area contributed by atoms with Gasteiger partial charge in [0, 0.05) is 0 Å². The SMILES string of the molecule is C1=C[Si]2=[Zr]=[Si]1C=C2.CCc1cc2c(-c3ccccc3)cccc2[cH-]1.CCc1cc2c(-c3ccccc3)cccc2[cH-]1.[Cl-].[Cl-].